The number of hydrogen-bond donors (Lipinski definition) is 1. The van der Waals surface area contributed by atoms with Crippen molar-refractivity contribution in [3.63, 3.8) is 0 Å². The first-order valence-electron chi connectivity index (χ1n) is 10.3. The average molecular weight is 415 g/mol. The van der Waals surface area contributed by atoms with Crippen LogP contribution in [0.1, 0.15) is 24.0 Å². The Morgan fingerprint density at radius 3 is 2.76 bits per heavy atom. The second-order valence-electron chi connectivity index (χ2n) is 7.76. The van der Waals surface area contributed by atoms with Crippen LogP contribution in [0, 0.1) is 0 Å². The molecule has 1 fully saturated rings. The zero-order chi connectivity index (χ0) is 20.1. The SMILES string of the molecule is O=C1COc2ccccc2CCCCO[C@H]2CN(Cc3ccc(Cl)cc3)C[C@@H]2N1. The minimum Gasteiger partial charge on any atom is -0.483 e. The van der Waals surface area contributed by atoms with E-state index in [2.05, 4.69) is 16.3 Å². The van der Waals surface area contributed by atoms with Crippen molar-refractivity contribution in [2.45, 2.75) is 38.0 Å². The molecule has 0 spiro atoms. The molecular formula is C23H27ClN2O3. The van der Waals surface area contributed by atoms with Gasteiger partial charge in [0.1, 0.15) is 5.75 Å². The summed E-state index contributed by atoms with van der Waals surface area (Å²) in [6.07, 6.45) is 2.95. The molecule has 2 aromatic rings. The molecule has 0 unspecified atom stereocenters. The zero-order valence-corrected chi connectivity index (χ0v) is 17.2. The van der Waals surface area contributed by atoms with Gasteiger partial charge in [-0.25, -0.2) is 0 Å². The maximum absolute atomic E-state index is 12.5. The Balaban J connectivity index is 1.41. The lowest BCUT2D eigenvalue weighted by molar-refractivity contribution is -0.124. The number of likely N-dealkylation sites (tertiary alicyclic amines) is 1. The number of carbonyl (C=O) groups excluding carboxylic acids is 1. The molecule has 4 rings (SSSR count). The van der Waals surface area contributed by atoms with Gasteiger partial charge in [0.25, 0.3) is 5.91 Å². The summed E-state index contributed by atoms with van der Waals surface area (Å²) in [7, 11) is 0. The third kappa shape index (κ3) is 5.50. The van der Waals surface area contributed by atoms with Gasteiger partial charge in [-0.3, -0.25) is 9.69 Å². The normalized spacial score (nSPS) is 23.6. The van der Waals surface area contributed by atoms with Gasteiger partial charge in [-0.1, -0.05) is 41.9 Å². The van der Waals surface area contributed by atoms with Gasteiger partial charge in [-0.2, -0.15) is 0 Å². The van der Waals surface area contributed by atoms with E-state index in [0.717, 1.165) is 55.2 Å². The van der Waals surface area contributed by atoms with Gasteiger partial charge < -0.3 is 14.8 Å². The van der Waals surface area contributed by atoms with Crippen molar-refractivity contribution in [2.24, 2.45) is 0 Å². The number of carbonyl (C=O) groups is 1. The maximum atomic E-state index is 12.5. The quantitative estimate of drug-likeness (QED) is 0.817. The van der Waals surface area contributed by atoms with Crippen molar-refractivity contribution in [3.05, 3.63) is 64.7 Å². The highest BCUT2D eigenvalue weighted by Crippen LogP contribution is 2.22. The lowest BCUT2D eigenvalue weighted by Gasteiger charge is -2.20. The molecule has 1 N–H and O–H groups in total. The molecule has 5 nitrogen and oxygen atoms in total. The largest absolute Gasteiger partial charge is 0.483 e. The highest BCUT2D eigenvalue weighted by molar-refractivity contribution is 6.30. The number of nitrogens with one attached hydrogen (secondary N) is 1. The molecule has 2 heterocycles. The van der Waals surface area contributed by atoms with Crippen molar-refractivity contribution in [2.75, 3.05) is 26.3 Å². The van der Waals surface area contributed by atoms with Gasteiger partial charge in [0.2, 0.25) is 0 Å². The van der Waals surface area contributed by atoms with Crippen LogP contribution in [0.25, 0.3) is 0 Å². The van der Waals surface area contributed by atoms with Crippen molar-refractivity contribution in [3.8, 4) is 5.75 Å². The van der Waals surface area contributed by atoms with Gasteiger partial charge in [0, 0.05) is 31.3 Å². The summed E-state index contributed by atoms with van der Waals surface area (Å²) in [4.78, 5) is 14.8. The Bertz CT molecular complexity index is 827. The van der Waals surface area contributed by atoms with Crippen molar-refractivity contribution >= 4 is 17.5 Å². The van der Waals surface area contributed by atoms with E-state index in [-0.39, 0.29) is 24.7 Å². The number of hydrogen-bond acceptors (Lipinski definition) is 4. The third-order valence-electron chi connectivity index (χ3n) is 5.51. The molecular weight excluding hydrogens is 388 g/mol. The predicted octanol–water partition coefficient (Wildman–Crippen LogP) is 3.44. The average Bonchev–Trinajstić information content (AvgIpc) is 3.09. The highest BCUT2D eigenvalue weighted by Gasteiger charge is 2.34. The van der Waals surface area contributed by atoms with E-state index < -0.39 is 0 Å². The Morgan fingerprint density at radius 1 is 1.07 bits per heavy atom. The fourth-order valence-electron chi connectivity index (χ4n) is 4.03. The second kappa shape index (κ2) is 9.61. The maximum Gasteiger partial charge on any atom is 0.258 e. The molecule has 154 valence electrons. The monoisotopic (exact) mass is 414 g/mol. The van der Waals surface area contributed by atoms with Crippen molar-refractivity contribution in [1.29, 1.82) is 0 Å². The molecule has 1 amide bonds. The molecule has 6 heteroatoms. The van der Waals surface area contributed by atoms with Crippen LogP contribution in [0.2, 0.25) is 5.02 Å². The lowest BCUT2D eigenvalue weighted by atomic mass is 10.1. The number of amides is 1. The first kappa shape index (κ1) is 20.2. The van der Waals surface area contributed by atoms with E-state index in [9.17, 15) is 4.79 Å². The number of para-hydroxylation sites is 1. The van der Waals surface area contributed by atoms with Crippen molar-refractivity contribution in [1.82, 2.24) is 10.2 Å². The molecule has 0 aliphatic carbocycles. The number of halogens is 1. The van der Waals surface area contributed by atoms with Gasteiger partial charge >= 0.3 is 0 Å². The lowest BCUT2D eigenvalue weighted by Crippen LogP contribution is -2.45. The van der Waals surface area contributed by atoms with Crippen LogP contribution in [0.15, 0.2) is 48.5 Å². The zero-order valence-electron chi connectivity index (χ0n) is 16.5. The fraction of sp³-hybridized carbons (Fsp3) is 0.435. The fourth-order valence-corrected chi connectivity index (χ4v) is 4.16. The number of ether oxygens (including phenoxy) is 2. The van der Waals surface area contributed by atoms with E-state index in [1.54, 1.807) is 0 Å². The van der Waals surface area contributed by atoms with E-state index in [1.165, 1.54) is 5.56 Å². The smallest absolute Gasteiger partial charge is 0.258 e. The van der Waals surface area contributed by atoms with Crippen LogP contribution in [-0.4, -0.2) is 49.3 Å². The third-order valence-corrected chi connectivity index (χ3v) is 5.76. The first-order valence-corrected chi connectivity index (χ1v) is 10.6. The molecule has 0 saturated carbocycles. The topological polar surface area (TPSA) is 50.8 Å². The molecule has 0 aromatic heterocycles. The minimum absolute atomic E-state index is 0.00521. The molecule has 2 atom stereocenters. The molecule has 1 saturated heterocycles. The van der Waals surface area contributed by atoms with E-state index >= 15 is 0 Å². The molecule has 2 aliphatic rings. The Labute approximate surface area is 176 Å². The van der Waals surface area contributed by atoms with E-state index in [1.807, 2.05) is 42.5 Å². The first-order chi connectivity index (χ1) is 14.2. The number of nitrogens with zero attached hydrogens (tertiary/aromatic N) is 1. The Kier molecular flexibility index (Phi) is 6.70. The van der Waals surface area contributed by atoms with Crippen LogP contribution in [-0.2, 0) is 22.5 Å². The van der Waals surface area contributed by atoms with Crippen LogP contribution in [0.3, 0.4) is 0 Å². The summed E-state index contributed by atoms with van der Waals surface area (Å²) in [5.41, 5.74) is 2.35. The number of aryl methyl sites for hydroxylation is 1. The molecule has 2 aliphatic heterocycles. The van der Waals surface area contributed by atoms with Crippen LogP contribution in [0.4, 0.5) is 0 Å². The van der Waals surface area contributed by atoms with Crippen LogP contribution >= 0.6 is 11.6 Å². The number of rotatable bonds is 2. The highest BCUT2D eigenvalue weighted by atomic mass is 35.5. The minimum atomic E-state index is -0.106. The summed E-state index contributed by atoms with van der Waals surface area (Å²) in [6, 6.07) is 15.8. The standard InChI is InChI=1S/C23H27ClN2O3/c24-19-10-8-17(9-11-19)13-26-14-20-22(15-26)28-12-4-3-6-18-5-1-2-7-21(18)29-16-23(27)25-20/h1-2,5,7-11,20,22H,3-4,6,12-16H2,(H,25,27)/t20-,22-/m0/s1. The molecule has 0 bridgehead atoms. The summed E-state index contributed by atoms with van der Waals surface area (Å²) in [6.45, 7) is 3.10. The molecule has 29 heavy (non-hydrogen) atoms. The van der Waals surface area contributed by atoms with Crippen LogP contribution in [0.5, 0.6) is 5.75 Å². The summed E-state index contributed by atoms with van der Waals surface area (Å²) >= 11 is 5.99. The summed E-state index contributed by atoms with van der Waals surface area (Å²) < 4.78 is 12.0. The van der Waals surface area contributed by atoms with E-state index in [0.29, 0.717) is 6.61 Å². The van der Waals surface area contributed by atoms with Crippen molar-refractivity contribution < 1.29 is 14.3 Å². The Hall–Kier alpha value is -2.08. The number of fused-ring (bicyclic) bond motifs is 2. The summed E-state index contributed by atoms with van der Waals surface area (Å²) in [5, 5.41) is 3.86. The molecule has 0 radical (unpaired) electrons. The second-order valence-corrected chi connectivity index (χ2v) is 8.19. The summed E-state index contributed by atoms with van der Waals surface area (Å²) in [5.74, 6) is 0.696. The molecule has 2 aromatic carbocycles. The van der Waals surface area contributed by atoms with Gasteiger partial charge in [0.15, 0.2) is 6.61 Å². The predicted molar refractivity (Wildman–Crippen MR) is 113 cm³/mol. The van der Waals surface area contributed by atoms with Gasteiger partial charge in [-0.05, 0) is 48.6 Å². The number of benzene rings is 2. The Morgan fingerprint density at radius 2 is 1.90 bits per heavy atom. The van der Waals surface area contributed by atoms with Crippen LogP contribution < -0.4 is 10.1 Å². The van der Waals surface area contributed by atoms with Gasteiger partial charge in [0.05, 0.1) is 12.1 Å². The van der Waals surface area contributed by atoms with Gasteiger partial charge in [-0.15, -0.1) is 0 Å². The van der Waals surface area contributed by atoms with E-state index in [4.69, 9.17) is 21.1 Å².